The molecule has 3 aromatic heterocycles. The highest BCUT2D eigenvalue weighted by molar-refractivity contribution is 5.32. The number of hydrogen-bond acceptors (Lipinski definition) is 9. The summed E-state index contributed by atoms with van der Waals surface area (Å²) in [5.41, 5.74) is 7.52. The molecule has 86 heavy (non-hydrogen) atoms. The first-order valence-corrected chi connectivity index (χ1v) is 30.2. The van der Waals surface area contributed by atoms with E-state index in [-0.39, 0.29) is 62.0 Å². The van der Waals surface area contributed by atoms with Crippen molar-refractivity contribution < 1.29 is 44.9 Å². The number of pyridine rings is 3. The molecule has 6 aromatic rings. The molecule has 3 saturated carbocycles. The normalized spacial score (nSPS) is 19.4. The van der Waals surface area contributed by atoms with E-state index >= 15 is 0 Å². The van der Waals surface area contributed by atoms with E-state index in [1.54, 1.807) is 12.1 Å². The summed E-state index contributed by atoms with van der Waals surface area (Å²) in [5.74, 6) is 0.809. The molecule has 1 N–H and O–H groups in total. The maximum atomic E-state index is 13.4. The number of rotatable bonds is 18. The van der Waals surface area contributed by atoms with Crippen LogP contribution in [0.3, 0.4) is 0 Å². The second kappa shape index (κ2) is 29.1. The Morgan fingerprint density at radius 1 is 0.465 bits per heavy atom. The number of hydrogen-bond donors (Lipinski definition) is 1. The fraction of sp³-hybridized carbons (Fsp3) is 0.529. The summed E-state index contributed by atoms with van der Waals surface area (Å²) >= 11 is 0. The van der Waals surface area contributed by atoms with Gasteiger partial charge < -0.3 is 29.3 Å². The molecule has 3 aliphatic carbocycles. The lowest BCUT2D eigenvalue weighted by Crippen LogP contribution is -2.43. The number of nitrogens with zero attached hydrogens (tertiary/aromatic N) is 5. The van der Waals surface area contributed by atoms with E-state index in [0.29, 0.717) is 55.1 Å². The predicted octanol–water partition coefficient (Wildman–Crippen LogP) is 15.8. The molecule has 0 unspecified atom stereocenters. The first kappa shape index (κ1) is 66.3. The van der Waals surface area contributed by atoms with Gasteiger partial charge in [-0.1, -0.05) is 87.6 Å². The minimum Gasteiger partial charge on any atom is -0.374 e. The molecule has 0 amide bonds. The van der Waals surface area contributed by atoms with Gasteiger partial charge in [0.1, 0.15) is 5.82 Å². The number of halogens is 7. The van der Waals surface area contributed by atoms with Crippen molar-refractivity contribution in [1.29, 1.82) is 0 Å². The van der Waals surface area contributed by atoms with Crippen LogP contribution in [0.1, 0.15) is 177 Å². The van der Waals surface area contributed by atoms with Gasteiger partial charge in [0.2, 0.25) is 0 Å². The van der Waals surface area contributed by atoms with Crippen LogP contribution in [-0.4, -0.2) is 97.9 Å². The summed E-state index contributed by atoms with van der Waals surface area (Å²) in [7, 11) is 4.27. The SMILES string of the molecule is C.C.CN1CCC(COCc2cc(C(F)(F)F)cc(C3CC3)n2)(c2ccccc2)CC1.Cc1cc(COCC2(c3ccc(F)cc3)CCN(C)CC2)nc(C2CC2)c1.FC(F)(F)c1cc(COCC2(c3ccccc3)CCNCC2)nc(C2CC2)c1. The Kier molecular flexibility index (Phi) is 22.5. The number of piperidine rings is 3. The molecular weight excluding hydrogens is 1110 g/mol. The van der Waals surface area contributed by atoms with Gasteiger partial charge in [0.25, 0.3) is 0 Å². The van der Waals surface area contributed by atoms with Crippen LogP contribution in [0.15, 0.2) is 121 Å². The number of likely N-dealkylation sites (tertiary alicyclic amines) is 2. The zero-order valence-electron chi connectivity index (χ0n) is 48.9. The average Bonchev–Trinajstić information content (AvgIpc) is 3.89. The first-order chi connectivity index (χ1) is 40.4. The minimum absolute atomic E-state index is 0. The highest BCUT2D eigenvalue weighted by Gasteiger charge is 2.40. The van der Waals surface area contributed by atoms with Gasteiger partial charge in [-0.2, -0.15) is 26.3 Å². The standard InChI is InChI=1S/C23H27F3N2O.C23H29FN2O.C22H25F3N2O.2CH4/c1-28-11-9-22(10-12-28,18-5-3-2-4-6-18)16-29-15-20-13-19(23(24,25)26)14-21(27-20)17-7-8-17;1-17-13-21(25-22(14-17)18-3-4-18)15-27-16-23(9-11-26(2)12-10-23)19-5-7-20(24)8-6-19;23-22(24,25)18-12-19(27-20(13-18)16-6-7-16)14-28-15-21(8-10-26-11-9-21)17-4-2-1-3-5-17;;/h2-6,13-14,17H,7-12,15-16H2,1H3;5-8,13-14,18H,3-4,9-12,15-16H2,1-2H3;1-5,12-13,16,26H,6-11,14-15H2;2*1H4. The van der Waals surface area contributed by atoms with Crippen LogP contribution in [0.4, 0.5) is 30.7 Å². The molecule has 16 heteroatoms. The predicted molar refractivity (Wildman–Crippen MR) is 326 cm³/mol. The summed E-state index contributed by atoms with van der Waals surface area (Å²) in [5, 5.41) is 3.38. The number of ether oxygens (including phenoxy) is 3. The summed E-state index contributed by atoms with van der Waals surface area (Å²) in [6.45, 7) is 10.4. The van der Waals surface area contributed by atoms with Crippen LogP contribution in [0.25, 0.3) is 0 Å². The van der Waals surface area contributed by atoms with Crippen molar-refractivity contribution in [2.45, 2.75) is 165 Å². The molecule has 0 radical (unpaired) electrons. The molecular formula is C70H89F7N6O3. The topological polar surface area (TPSA) is 84.9 Å². The Bertz CT molecular complexity index is 3060. The minimum atomic E-state index is -4.36. The summed E-state index contributed by atoms with van der Waals surface area (Å²) < 4.78 is 111. The van der Waals surface area contributed by atoms with Crippen molar-refractivity contribution in [3.8, 4) is 0 Å². The van der Waals surface area contributed by atoms with E-state index in [9.17, 15) is 30.7 Å². The second-order valence-corrected chi connectivity index (χ2v) is 24.8. The van der Waals surface area contributed by atoms with Crippen molar-refractivity contribution in [2.75, 3.05) is 73.2 Å². The molecule has 3 saturated heterocycles. The van der Waals surface area contributed by atoms with Gasteiger partial charge in [-0.15, -0.1) is 0 Å². The molecule has 0 bridgehead atoms. The monoisotopic (exact) mass is 1190 g/mol. The van der Waals surface area contributed by atoms with Gasteiger partial charge in [-0.05, 0) is 208 Å². The summed E-state index contributed by atoms with van der Waals surface area (Å²) in [6.07, 6.45) is 3.36. The van der Waals surface area contributed by atoms with Gasteiger partial charge in [0.15, 0.2) is 0 Å². The Hall–Kier alpha value is -5.62. The molecule has 0 atom stereocenters. The Morgan fingerprint density at radius 3 is 1.16 bits per heavy atom. The van der Waals surface area contributed by atoms with E-state index in [0.717, 1.165) is 121 Å². The zero-order chi connectivity index (χ0) is 59.0. The zero-order valence-corrected chi connectivity index (χ0v) is 48.9. The maximum Gasteiger partial charge on any atom is 0.416 e. The largest absolute Gasteiger partial charge is 0.416 e. The van der Waals surface area contributed by atoms with E-state index in [4.69, 9.17) is 19.2 Å². The molecule has 9 nitrogen and oxygen atoms in total. The molecule has 3 aliphatic heterocycles. The van der Waals surface area contributed by atoms with E-state index in [2.05, 4.69) is 82.5 Å². The van der Waals surface area contributed by atoms with Gasteiger partial charge in [0.05, 0.1) is 67.8 Å². The molecule has 6 aliphatic rings. The van der Waals surface area contributed by atoms with Crippen LogP contribution in [-0.2, 0) is 62.6 Å². The van der Waals surface area contributed by atoms with Crippen molar-refractivity contribution in [3.63, 3.8) is 0 Å². The summed E-state index contributed by atoms with van der Waals surface area (Å²) in [4.78, 5) is 18.4. The number of alkyl halides is 6. The van der Waals surface area contributed by atoms with Crippen molar-refractivity contribution in [3.05, 3.63) is 195 Å². The third-order valence-electron chi connectivity index (χ3n) is 18.0. The van der Waals surface area contributed by atoms with E-state index in [1.165, 1.54) is 52.9 Å². The fourth-order valence-electron chi connectivity index (χ4n) is 12.3. The van der Waals surface area contributed by atoms with Crippen molar-refractivity contribution in [1.82, 2.24) is 30.1 Å². The number of aromatic nitrogens is 3. The Labute approximate surface area is 505 Å². The van der Waals surface area contributed by atoms with Crippen LogP contribution < -0.4 is 5.32 Å². The van der Waals surface area contributed by atoms with Crippen molar-refractivity contribution in [2.24, 2.45) is 0 Å². The summed E-state index contributed by atoms with van der Waals surface area (Å²) in [6, 6.07) is 36.6. The van der Waals surface area contributed by atoms with Crippen LogP contribution in [0.2, 0.25) is 0 Å². The third kappa shape index (κ3) is 17.8. The maximum absolute atomic E-state index is 13.4. The van der Waals surface area contributed by atoms with Gasteiger partial charge in [-0.3, -0.25) is 15.0 Å². The van der Waals surface area contributed by atoms with Gasteiger partial charge in [-0.25, -0.2) is 4.39 Å². The van der Waals surface area contributed by atoms with Gasteiger partial charge >= 0.3 is 12.4 Å². The van der Waals surface area contributed by atoms with E-state index < -0.39 is 23.5 Å². The molecule has 0 spiro atoms. The number of nitrogens with one attached hydrogen (secondary N) is 1. The molecule has 6 heterocycles. The highest BCUT2D eigenvalue weighted by Crippen LogP contribution is 2.44. The molecule has 3 aromatic carbocycles. The van der Waals surface area contributed by atoms with Crippen LogP contribution in [0, 0.1) is 12.7 Å². The fourth-order valence-corrected chi connectivity index (χ4v) is 12.3. The highest BCUT2D eigenvalue weighted by atomic mass is 19.4. The number of benzene rings is 3. The molecule has 466 valence electrons. The average molecular weight is 1200 g/mol. The van der Waals surface area contributed by atoms with Gasteiger partial charge in [0, 0.05) is 51.1 Å². The van der Waals surface area contributed by atoms with Crippen LogP contribution >= 0.6 is 0 Å². The second-order valence-electron chi connectivity index (χ2n) is 24.8. The van der Waals surface area contributed by atoms with Crippen molar-refractivity contribution >= 4 is 0 Å². The lowest BCUT2D eigenvalue weighted by atomic mass is 9.73. The third-order valence-corrected chi connectivity index (χ3v) is 18.0. The molecule has 12 rings (SSSR count). The lowest BCUT2D eigenvalue weighted by molar-refractivity contribution is -0.138. The number of aryl methyl sites for hydroxylation is 1. The first-order valence-electron chi connectivity index (χ1n) is 30.2. The smallest absolute Gasteiger partial charge is 0.374 e. The Morgan fingerprint density at radius 2 is 0.802 bits per heavy atom. The van der Waals surface area contributed by atoms with E-state index in [1.807, 2.05) is 48.5 Å². The van der Waals surface area contributed by atoms with Crippen LogP contribution in [0.5, 0.6) is 0 Å². The molecule has 6 fully saturated rings. The quantitative estimate of drug-likeness (QED) is 0.0846. The lowest BCUT2D eigenvalue weighted by Gasteiger charge is -2.41. The Balaban J connectivity index is 0.000000166.